The van der Waals surface area contributed by atoms with Gasteiger partial charge in [-0.1, -0.05) is 31.6 Å². The number of ether oxygens (including phenoxy) is 3. The molecule has 0 amide bonds. The summed E-state index contributed by atoms with van der Waals surface area (Å²) in [5, 5.41) is 0. The van der Waals surface area contributed by atoms with E-state index in [1.165, 1.54) is 11.1 Å². The highest BCUT2D eigenvalue weighted by atomic mass is 16.7. The average molecular weight is 435 g/mol. The lowest BCUT2D eigenvalue weighted by Crippen LogP contribution is -2.57. The van der Waals surface area contributed by atoms with Gasteiger partial charge >= 0.3 is 0 Å². The third kappa shape index (κ3) is 2.58. The molecule has 4 heteroatoms. The number of rotatable bonds is 2. The van der Waals surface area contributed by atoms with Crippen LogP contribution >= 0.6 is 0 Å². The molecule has 0 N–H and O–H groups in total. The lowest BCUT2D eigenvalue weighted by molar-refractivity contribution is -0.235. The molecular formula is C28H34O4. The number of carbonyl (C=O) groups excluding carboxylic acids is 1. The number of allylic oxidation sites excluding steroid dienone is 1. The van der Waals surface area contributed by atoms with Crippen molar-refractivity contribution in [2.75, 3.05) is 7.11 Å². The summed E-state index contributed by atoms with van der Waals surface area (Å²) in [7, 11) is 1.72. The maximum atomic E-state index is 12.3. The monoisotopic (exact) mass is 434 g/mol. The molecule has 3 fully saturated rings. The largest absolute Gasteiger partial charge is 0.497 e. The molecule has 1 heterocycles. The minimum atomic E-state index is -0.521. The van der Waals surface area contributed by atoms with Crippen molar-refractivity contribution in [2.45, 2.75) is 70.5 Å². The smallest absolute Gasteiger partial charge is 0.255 e. The van der Waals surface area contributed by atoms with Crippen molar-refractivity contribution in [1.82, 2.24) is 0 Å². The summed E-state index contributed by atoms with van der Waals surface area (Å²) in [4.78, 5) is 12.3. The first-order valence-electron chi connectivity index (χ1n) is 12.3. The van der Waals surface area contributed by atoms with Gasteiger partial charge in [0.1, 0.15) is 18.3 Å². The van der Waals surface area contributed by atoms with Gasteiger partial charge in [0.15, 0.2) is 5.78 Å². The standard InChI is InChI=1S/C28H34O4/c1-26-12-10-20(29)16-19(26)6-9-22-24-11-13-28(31-14-15-32-28)27(24,2)17-23(25(22)26)18-4-7-21(30-3)8-5-18/h4-5,7-8,14-16,22-25H,6,9-13,17H2,1-3H3/t22-,23+,24-,25+,26-,27-/m0/s1. The highest BCUT2D eigenvalue weighted by Gasteiger charge is 2.69. The van der Waals surface area contributed by atoms with E-state index in [1.54, 1.807) is 19.6 Å². The Morgan fingerprint density at radius 2 is 1.75 bits per heavy atom. The molecule has 0 unspecified atom stereocenters. The topological polar surface area (TPSA) is 44.8 Å². The van der Waals surface area contributed by atoms with Crippen LogP contribution < -0.4 is 4.74 Å². The van der Waals surface area contributed by atoms with E-state index in [9.17, 15) is 4.79 Å². The minimum absolute atomic E-state index is 0.0374. The van der Waals surface area contributed by atoms with E-state index >= 15 is 0 Å². The minimum Gasteiger partial charge on any atom is -0.497 e. The van der Waals surface area contributed by atoms with Crippen LogP contribution in [-0.2, 0) is 14.3 Å². The van der Waals surface area contributed by atoms with Crippen molar-refractivity contribution in [2.24, 2.45) is 28.6 Å². The van der Waals surface area contributed by atoms with Crippen molar-refractivity contribution in [3.63, 3.8) is 0 Å². The van der Waals surface area contributed by atoms with Crippen LogP contribution in [0, 0.1) is 28.6 Å². The van der Waals surface area contributed by atoms with Crippen LogP contribution in [-0.4, -0.2) is 18.7 Å². The molecule has 4 aliphatic carbocycles. The van der Waals surface area contributed by atoms with E-state index in [0.717, 1.165) is 44.3 Å². The van der Waals surface area contributed by atoms with Gasteiger partial charge in [-0.3, -0.25) is 4.79 Å². The first-order chi connectivity index (χ1) is 15.4. The third-order valence-corrected chi connectivity index (χ3v) is 10.1. The quantitative estimate of drug-likeness (QED) is 0.561. The number of ketones is 1. The van der Waals surface area contributed by atoms with Gasteiger partial charge < -0.3 is 14.2 Å². The van der Waals surface area contributed by atoms with Gasteiger partial charge in [-0.25, -0.2) is 0 Å². The summed E-state index contributed by atoms with van der Waals surface area (Å²) in [6.07, 6.45) is 12.5. The van der Waals surface area contributed by atoms with Gasteiger partial charge in [-0.15, -0.1) is 0 Å². The number of methoxy groups -OCH3 is 1. The van der Waals surface area contributed by atoms with Gasteiger partial charge in [-0.05, 0) is 85.0 Å². The van der Waals surface area contributed by atoms with Crippen LogP contribution in [0.15, 0.2) is 48.4 Å². The lowest BCUT2D eigenvalue weighted by atomic mass is 9.43. The third-order valence-electron chi connectivity index (χ3n) is 10.1. The molecule has 0 aromatic heterocycles. The summed E-state index contributed by atoms with van der Waals surface area (Å²) in [6, 6.07) is 8.71. The van der Waals surface area contributed by atoms with Gasteiger partial charge in [0, 0.05) is 18.3 Å². The van der Waals surface area contributed by atoms with Crippen molar-refractivity contribution >= 4 is 5.78 Å². The molecule has 3 saturated carbocycles. The summed E-state index contributed by atoms with van der Waals surface area (Å²) in [5.74, 6) is 2.82. The molecule has 6 rings (SSSR count). The SMILES string of the molecule is COc1ccc([C@H]2C[C@@]3(C)[C@@H](CCC34OC=CO4)[C@@H]3CCC4=CC(=O)CC[C@]4(C)[C@H]32)cc1. The predicted octanol–water partition coefficient (Wildman–Crippen LogP) is 6.13. The highest BCUT2D eigenvalue weighted by molar-refractivity contribution is 5.91. The molecule has 0 saturated heterocycles. The molecule has 32 heavy (non-hydrogen) atoms. The number of benzene rings is 1. The maximum absolute atomic E-state index is 12.3. The molecule has 5 aliphatic rings. The molecule has 1 aromatic rings. The van der Waals surface area contributed by atoms with Crippen molar-refractivity contribution in [1.29, 1.82) is 0 Å². The molecule has 0 radical (unpaired) electrons. The number of fused-ring (bicyclic) bond motifs is 6. The van der Waals surface area contributed by atoms with Crippen molar-refractivity contribution < 1.29 is 19.0 Å². The van der Waals surface area contributed by atoms with Gasteiger partial charge in [-0.2, -0.15) is 0 Å². The van der Waals surface area contributed by atoms with Crippen LogP contribution in [0.25, 0.3) is 0 Å². The molecular weight excluding hydrogens is 400 g/mol. The van der Waals surface area contributed by atoms with Gasteiger partial charge in [0.05, 0.1) is 7.11 Å². The number of hydrogen-bond donors (Lipinski definition) is 0. The van der Waals surface area contributed by atoms with E-state index in [4.69, 9.17) is 14.2 Å². The van der Waals surface area contributed by atoms with Crippen LogP contribution in [0.5, 0.6) is 5.75 Å². The molecule has 0 bridgehead atoms. The molecule has 1 aliphatic heterocycles. The second-order valence-corrected chi connectivity index (χ2v) is 11.2. The number of carbonyl (C=O) groups is 1. The Bertz CT molecular complexity index is 983. The highest BCUT2D eigenvalue weighted by Crippen LogP contribution is 2.71. The predicted molar refractivity (Wildman–Crippen MR) is 122 cm³/mol. The summed E-state index contributed by atoms with van der Waals surface area (Å²) < 4.78 is 17.9. The Morgan fingerprint density at radius 1 is 1.00 bits per heavy atom. The van der Waals surface area contributed by atoms with Crippen LogP contribution in [0.1, 0.15) is 70.3 Å². The van der Waals surface area contributed by atoms with E-state index in [0.29, 0.717) is 35.9 Å². The molecule has 170 valence electrons. The van der Waals surface area contributed by atoms with E-state index < -0.39 is 5.79 Å². The average Bonchev–Trinajstić information content (AvgIpc) is 3.39. The van der Waals surface area contributed by atoms with E-state index in [2.05, 4.69) is 38.1 Å². The van der Waals surface area contributed by atoms with Gasteiger partial charge in [0.2, 0.25) is 0 Å². The fourth-order valence-electron chi connectivity index (χ4n) is 8.56. The zero-order chi connectivity index (χ0) is 22.1. The Kier molecular flexibility index (Phi) is 4.38. The fourth-order valence-corrected chi connectivity index (χ4v) is 8.56. The Morgan fingerprint density at radius 3 is 2.47 bits per heavy atom. The molecule has 4 nitrogen and oxygen atoms in total. The summed E-state index contributed by atoms with van der Waals surface area (Å²) in [5.41, 5.74) is 2.84. The summed E-state index contributed by atoms with van der Waals surface area (Å²) in [6.45, 7) is 4.87. The zero-order valence-corrected chi connectivity index (χ0v) is 19.4. The first kappa shape index (κ1) is 20.4. The second-order valence-electron chi connectivity index (χ2n) is 11.2. The first-order valence-corrected chi connectivity index (χ1v) is 12.3. The lowest BCUT2D eigenvalue weighted by Gasteiger charge is -2.61. The Labute approximate surface area is 191 Å². The van der Waals surface area contributed by atoms with Crippen molar-refractivity contribution in [3.8, 4) is 5.75 Å². The Hall–Kier alpha value is -2.23. The Balaban J connectivity index is 1.48. The van der Waals surface area contributed by atoms with Crippen LogP contribution in [0.3, 0.4) is 0 Å². The molecule has 6 atom stereocenters. The van der Waals surface area contributed by atoms with Crippen molar-refractivity contribution in [3.05, 3.63) is 54.0 Å². The normalized spacial score (nSPS) is 41.2. The zero-order valence-electron chi connectivity index (χ0n) is 19.4. The van der Waals surface area contributed by atoms with Crippen LogP contribution in [0.2, 0.25) is 0 Å². The van der Waals surface area contributed by atoms with Gasteiger partial charge in [0.25, 0.3) is 5.79 Å². The van der Waals surface area contributed by atoms with E-state index in [1.807, 2.05) is 6.08 Å². The van der Waals surface area contributed by atoms with E-state index in [-0.39, 0.29) is 10.8 Å². The fraction of sp³-hybridized carbons (Fsp3) is 0.607. The number of hydrogen-bond acceptors (Lipinski definition) is 4. The summed E-state index contributed by atoms with van der Waals surface area (Å²) >= 11 is 0. The van der Waals surface area contributed by atoms with Crippen LogP contribution in [0.4, 0.5) is 0 Å². The molecule has 1 aromatic carbocycles. The second kappa shape index (κ2) is 6.88. The maximum Gasteiger partial charge on any atom is 0.255 e. The molecule has 1 spiro atoms.